The van der Waals surface area contributed by atoms with Gasteiger partial charge in [-0.3, -0.25) is 0 Å². The van der Waals surface area contributed by atoms with Crippen LogP contribution in [0.1, 0.15) is 44.0 Å². The van der Waals surface area contributed by atoms with Crippen LogP contribution in [-0.2, 0) is 4.74 Å². The first-order valence-electron chi connectivity index (χ1n) is 6.58. The monoisotopic (exact) mass is 283 g/mol. The first-order valence-corrected chi connectivity index (χ1v) is 6.96. The van der Waals surface area contributed by atoms with E-state index in [2.05, 4.69) is 26.1 Å². The average Bonchev–Trinajstić information content (AvgIpc) is 2.37. The molecule has 0 radical (unpaired) electrons. The third kappa shape index (κ3) is 5.11. The van der Waals surface area contributed by atoms with Crippen LogP contribution >= 0.6 is 11.6 Å². The Morgan fingerprint density at radius 3 is 2.58 bits per heavy atom. The quantitative estimate of drug-likeness (QED) is 0.788. The van der Waals surface area contributed by atoms with Crippen molar-refractivity contribution in [3.8, 4) is 0 Å². The van der Waals surface area contributed by atoms with Crippen molar-refractivity contribution in [1.82, 2.24) is 0 Å². The van der Waals surface area contributed by atoms with Gasteiger partial charge in [-0.05, 0) is 43.9 Å². The molecule has 19 heavy (non-hydrogen) atoms. The third-order valence-electron chi connectivity index (χ3n) is 2.97. The summed E-state index contributed by atoms with van der Waals surface area (Å²) in [4.78, 5) is 11.7. The predicted octanol–water partition coefficient (Wildman–Crippen LogP) is 4.36. The topological polar surface area (TPSA) is 38.3 Å². The fourth-order valence-corrected chi connectivity index (χ4v) is 2.01. The molecule has 1 rings (SSSR count). The summed E-state index contributed by atoms with van der Waals surface area (Å²) in [5.41, 5.74) is 1.25. The minimum absolute atomic E-state index is 0.298. The lowest BCUT2D eigenvalue weighted by Crippen LogP contribution is -2.18. The number of rotatable bonds is 6. The summed E-state index contributed by atoms with van der Waals surface area (Å²) in [6, 6.07) is 5.52. The summed E-state index contributed by atoms with van der Waals surface area (Å²) < 4.78 is 4.77. The molecule has 0 heterocycles. The molecule has 0 bridgehead atoms. The first kappa shape index (κ1) is 15.8. The highest BCUT2D eigenvalue weighted by Crippen LogP contribution is 2.23. The average molecular weight is 284 g/mol. The molecule has 0 spiro atoms. The van der Waals surface area contributed by atoms with E-state index in [1.165, 1.54) is 7.11 Å². The molecule has 0 amide bonds. The molecule has 1 N–H and O–H groups in total. The Bertz CT molecular complexity index is 432. The van der Waals surface area contributed by atoms with E-state index in [1.54, 1.807) is 12.1 Å². The Morgan fingerprint density at radius 1 is 1.32 bits per heavy atom. The van der Waals surface area contributed by atoms with E-state index in [1.807, 2.05) is 6.07 Å². The van der Waals surface area contributed by atoms with Crippen molar-refractivity contribution >= 4 is 23.3 Å². The number of benzene rings is 1. The van der Waals surface area contributed by atoms with Crippen LogP contribution in [-0.4, -0.2) is 19.1 Å². The van der Waals surface area contributed by atoms with E-state index in [4.69, 9.17) is 16.3 Å². The summed E-state index contributed by atoms with van der Waals surface area (Å²) in [5.74, 6) is 0.301. The number of hydrogen-bond acceptors (Lipinski definition) is 3. The van der Waals surface area contributed by atoms with Gasteiger partial charge in [0.25, 0.3) is 0 Å². The van der Waals surface area contributed by atoms with Crippen LogP contribution in [0.25, 0.3) is 0 Å². The second-order valence-electron chi connectivity index (χ2n) is 5.20. The Morgan fingerprint density at radius 2 is 2.00 bits per heavy atom. The number of halogens is 1. The van der Waals surface area contributed by atoms with Crippen LogP contribution < -0.4 is 5.32 Å². The molecule has 0 saturated heterocycles. The fourth-order valence-electron chi connectivity index (χ4n) is 1.84. The molecular weight excluding hydrogens is 262 g/mol. The number of carbonyl (C=O) groups excluding carboxylic acids is 1. The molecule has 3 nitrogen and oxygen atoms in total. The van der Waals surface area contributed by atoms with E-state index < -0.39 is 0 Å². The van der Waals surface area contributed by atoms with Gasteiger partial charge in [0.15, 0.2) is 0 Å². The zero-order valence-electron chi connectivity index (χ0n) is 12.0. The highest BCUT2D eigenvalue weighted by atomic mass is 35.5. The normalized spacial score (nSPS) is 12.3. The number of anilines is 1. The van der Waals surface area contributed by atoms with Crippen molar-refractivity contribution in [1.29, 1.82) is 0 Å². The van der Waals surface area contributed by atoms with Gasteiger partial charge >= 0.3 is 5.97 Å². The third-order valence-corrected chi connectivity index (χ3v) is 3.20. The summed E-state index contributed by atoms with van der Waals surface area (Å²) in [6.07, 6.45) is 2.20. The molecule has 1 atom stereocenters. The number of hydrogen-bond donors (Lipinski definition) is 1. The molecule has 106 valence electrons. The maximum Gasteiger partial charge on any atom is 0.340 e. The first-order chi connectivity index (χ1) is 8.93. The second-order valence-corrected chi connectivity index (χ2v) is 5.63. The van der Waals surface area contributed by atoms with Crippen LogP contribution in [0.3, 0.4) is 0 Å². The molecule has 0 aliphatic rings. The Kier molecular flexibility index (Phi) is 6.16. The SMILES string of the molecule is COC(=O)c1cc(Cl)ccc1NC(C)CCC(C)C. The van der Waals surface area contributed by atoms with Crippen molar-refractivity contribution in [3.05, 3.63) is 28.8 Å². The van der Waals surface area contributed by atoms with E-state index >= 15 is 0 Å². The van der Waals surface area contributed by atoms with Crippen molar-refractivity contribution in [2.24, 2.45) is 5.92 Å². The summed E-state index contributed by atoms with van der Waals surface area (Å²) in [6.45, 7) is 6.52. The zero-order valence-corrected chi connectivity index (χ0v) is 12.8. The largest absolute Gasteiger partial charge is 0.465 e. The maximum atomic E-state index is 11.7. The van der Waals surface area contributed by atoms with Crippen molar-refractivity contribution in [3.63, 3.8) is 0 Å². The van der Waals surface area contributed by atoms with Crippen LogP contribution in [0.2, 0.25) is 5.02 Å². The standard InChI is InChI=1S/C15H22ClNO2/c1-10(2)5-6-11(3)17-14-8-7-12(16)9-13(14)15(18)19-4/h7-11,17H,5-6H2,1-4H3. The van der Waals surface area contributed by atoms with E-state index in [9.17, 15) is 4.79 Å². The molecule has 0 fully saturated rings. The number of nitrogens with one attached hydrogen (secondary N) is 1. The van der Waals surface area contributed by atoms with Gasteiger partial charge in [0.05, 0.1) is 12.7 Å². The fraction of sp³-hybridized carbons (Fsp3) is 0.533. The number of esters is 1. The van der Waals surface area contributed by atoms with Crippen molar-refractivity contribution < 1.29 is 9.53 Å². The van der Waals surface area contributed by atoms with Crippen LogP contribution in [0.15, 0.2) is 18.2 Å². The summed E-state index contributed by atoms with van der Waals surface area (Å²) in [5, 5.41) is 3.88. The van der Waals surface area contributed by atoms with E-state index in [-0.39, 0.29) is 5.97 Å². The number of methoxy groups -OCH3 is 1. The van der Waals surface area contributed by atoms with Gasteiger partial charge in [0.1, 0.15) is 0 Å². The van der Waals surface area contributed by atoms with Gasteiger partial charge in [-0.1, -0.05) is 25.4 Å². The Balaban J connectivity index is 2.79. The molecular formula is C15H22ClNO2. The van der Waals surface area contributed by atoms with Crippen LogP contribution in [0.4, 0.5) is 5.69 Å². The Labute approximate surface area is 120 Å². The molecule has 0 aliphatic carbocycles. The molecule has 1 unspecified atom stereocenters. The number of ether oxygens (including phenoxy) is 1. The highest BCUT2D eigenvalue weighted by molar-refractivity contribution is 6.31. The van der Waals surface area contributed by atoms with Gasteiger partial charge in [0.2, 0.25) is 0 Å². The maximum absolute atomic E-state index is 11.7. The minimum Gasteiger partial charge on any atom is -0.465 e. The van der Waals surface area contributed by atoms with E-state index in [0.29, 0.717) is 22.5 Å². The van der Waals surface area contributed by atoms with Gasteiger partial charge in [0, 0.05) is 16.8 Å². The van der Waals surface area contributed by atoms with Crippen LogP contribution in [0, 0.1) is 5.92 Å². The lowest BCUT2D eigenvalue weighted by molar-refractivity contribution is 0.0602. The molecule has 1 aromatic carbocycles. The predicted molar refractivity (Wildman–Crippen MR) is 79.9 cm³/mol. The molecule has 0 saturated carbocycles. The molecule has 0 aromatic heterocycles. The van der Waals surface area contributed by atoms with Crippen molar-refractivity contribution in [2.45, 2.75) is 39.7 Å². The number of carbonyl (C=O) groups is 1. The second kappa shape index (κ2) is 7.39. The zero-order chi connectivity index (χ0) is 14.4. The van der Waals surface area contributed by atoms with E-state index in [0.717, 1.165) is 18.5 Å². The molecule has 0 aliphatic heterocycles. The van der Waals surface area contributed by atoms with Gasteiger partial charge in [-0.25, -0.2) is 4.79 Å². The highest BCUT2D eigenvalue weighted by Gasteiger charge is 2.14. The lowest BCUT2D eigenvalue weighted by atomic mass is 10.0. The van der Waals surface area contributed by atoms with Gasteiger partial charge in [-0.2, -0.15) is 0 Å². The lowest BCUT2D eigenvalue weighted by Gasteiger charge is -2.18. The van der Waals surface area contributed by atoms with Crippen molar-refractivity contribution in [2.75, 3.05) is 12.4 Å². The Hall–Kier alpha value is -1.22. The smallest absolute Gasteiger partial charge is 0.340 e. The summed E-state index contributed by atoms with van der Waals surface area (Å²) in [7, 11) is 1.37. The van der Waals surface area contributed by atoms with Gasteiger partial charge < -0.3 is 10.1 Å². The molecule has 4 heteroatoms. The van der Waals surface area contributed by atoms with Gasteiger partial charge in [-0.15, -0.1) is 0 Å². The van der Waals surface area contributed by atoms with Crippen LogP contribution in [0.5, 0.6) is 0 Å². The molecule has 1 aromatic rings. The minimum atomic E-state index is -0.374. The summed E-state index contributed by atoms with van der Waals surface area (Å²) >= 11 is 5.92.